The maximum atomic E-state index is 12.3. The fourth-order valence-corrected chi connectivity index (χ4v) is 3.24. The highest BCUT2D eigenvalue weighted by Gasteiger charge is 2.33. The molecule has 2 aliphatic rings. The smallest absolute Gasteiger partial charge is 0.317 e. The van der Waals surface area contributed by atoms with Crippen LogP contribution in [0, 0.1) is 5.41 Å². The van der Waals surface area contributed by atoms with E-state index in [0.29, 0.717) is 13.1 Å². The number of rotatable bonds is 4. The lowest BCUT2D eigenvalue weighted by Gasteiger charge is -2.38. The molecule has 0 aliphatic carbocycles. The topological polar surface area (TPSA) is 72.9 Å². The molecule has 0 saturated carbocycles. The van der Waals surface area contributed by atoms with Gasteiger partial charge >= 0.3 is 12.0 Å². The average Bonchev–Trinajstić information content (AvgIpc) is 2.87. The van der Waals surface area contributed by atoms with E-state index in [2.05, 4.69) is 24.2 Å². The highest BCUT2D eigenvalue weighted by Crippen LogP contribution is 2.29. The molecule has 2 aliphatic heterocycles. The zero-order chi connectivity index (χ0) is 15.5. The van der Waals surface area contributed by atoms with Gasteiger partial charge in [0.05, 0.1) is 6.42 Å². The van der Waals surface area contributed by atoms with Crippen LogP contribution in [0.2, 0.25) is 0 Å². The number of nitrogens with zero attached hydrogens (tertiary/aromatic N) is 2. The van der Waals surface area contributed by atoms with Crippen LogP contribution >= 0.6 is 0 Å². The minimum atomic E-state index is -0.832. The zero-order valence-corrected chi connectivity index (χ0v) is 13.1. The molecule has 2 rings (SSSR count). The standard InChI is InChI=1S/C15H27N3O3/c1-15(5-8-17(2)9-6-15)11-16-14(21)18-7-3-4-12(18)10-13(19)20/h12H,3-11H2,1-2H3,(H,16,21)(H,19,20). The molecule has 6 heteroatoms. The third-order valence-corrected chi connectivity index (χ3v) is 4.91. The van der Waals surface area contributed by atoms with E-state index in [1.807, 2.05) is 0 Å². The second-order valence-corrected chi connectivity index (χ2v) is 6.86. The lowest BCUT2D eigenvalue weighted by atomic mass is 9.80. The molecule has 1 unspecified atom stereocenters. The molecule has 0 aromatic carbocycles. The molecule has 21 heavy (non-hydrogen) atoms. The van der Waals surface area contributed by atoms with E-state index in [9.17, 15) is 9.59 Å². The van der Waals surface area contributed by atoms with Gasteiger partial charge in [-0.15, -0.1) is 0 Å². The number of carbonyl (C=O) groups excluding carboxylic acids is 1. The Balaban J connectivity index is 1.82. The third-order valence-electron chi connectivity index (χ3n) is 4.91. The number of carbonyl (C=O) groups is 2. The van der Waals surface area contributed by atoms with Crippen LogP contribution in [0.5, 0.6) is 0 Å². The number of hydrogen-bond donors (Lipinski definition) is 2. The van der Waals surface area contributed by atoms with Crippen molar-refractivity contribution in [3.05, 3.63) is 0 Å². The quantitative estimate of drug-likeness (QED) is 0.822. The number of likely N-dealkylation sites (tertiary alicyclic amines) is 2. The number of carboxylic acids is 1. The van der Waals surface area contributed by atoms with Gasteiger partial charge in [0.2, 0.25) is 0 Å². The van der Waals surface area contributed by atoms with Gasteiger partial charge in [-0.3, -0.25) is 4.79 Å². The number of amides is 2. The van der Waals surface area contributed by atoms with Crippen molar-refractivity contribution in [3.63, 3.8) is 0 Å². The summed E-state index contributed by atoms with van der Waals surface area (Å²) in [4.78, 5) is 27.2. The van der Waals surface area contributed by atoms with Crippen LogP contribution in [0.4, 0.5) is 4.79 Å². The Morgan fingerprint density at radius 3 is 2.57 bits per heavy atom. The van der Waals surface area contributed by atoms with Gasteiger partial charge in [0.15, 0.2) is 0 Å². The number of carboxylic acid groups (broad SMARTS) is 1. The molecule has 0 aromatic rings. The van der Waals surface area contributed by atoms with Crippen molar-refractivity contribution in [1.29, 1.82) is 0 Å². The van der Waals surface area contributed by atoms with E-state index in [1.165, 1.54) is 0 Å². The van der Waals surface area contributed by atoms with Gasteiger partial charge in [-0.1, -0.05) is 6.92 Å². The summed E-state index contributed by atoms with van der Waals surface area (Å²) in [5.74, 6) is -0.832. The SMILES string of the molecule is CN1CCC(C)(CNC(=O)N2CCCC2CC(=O)O)CC1. The third kappa shape index (κ3) is 4.33. The van der Waals surface area contributed by atoms with Crippen LogP contribution in [0.15, 0.2) is 0 Å². The van der Waals surface area contributed by atoms with Gasteiger partial charge in [-0.05, 0) is 51.2 Å². The number of nitrogens with one attached hydrogen (secondary N) is 1. The summed E-state index contributed by atoms with van der Waals surface area (Å²) in [7, 11) is 2.12. The predicted octanol–water partition coefficient (Wildman–Crippen LogP) is 1.37. The first-order chi connectivity index (χ1) is 9.89. The Bertz CT molecular complexity index is 392. The molecule has 0 spiro atoms. The van der Waals surface area contributed by atoms with Crippen molar-refractivity contribution in [2.24, 2.45) is 5.41 Å². The van der Waals surface area contributed by atoms with Crippen molar-refractivity contribution < 1.29 is 14.7 Å². The average molecular weight is 297 g/mol. The van der Waals surface area contributed by atoms with Crippen molar-refractivity contribution in [2.45, 2.75) is 45.1 Å². The number of urea groups is 1. The molecule has 2 amide bonds. The maximum Gasteiger partial charge on any atom is 0.317 e. The summed E-state index contributed by atoms with van der Waals surface area (Å²) in [6.07, 6.45) is 3.91. The van der Waals surface area contributed by atoms with E-state index in [-0.39, 0.29) is 23.9 Å². The molecular weight excluding hydrogens is 270 g/mol. The molecule has 2 N–H and O–H groups in total. The second-order valence-electron chi connectivity index (χ2n) is 6.86. The molecule has 0 radical (unpaired) electrons. The van der Waals surface area contributed by atoms with E-state index < -0.39 is 5.97 Å². The lowest BCUT2D eigenvalue weighted by molar-refractivity contribution is -0.137. The summed E-state index contributed by atoms with van der Waals surface area (Å²) in [5.41, 5.74) is 0.157. The molecule has 0 bridgehead atoms. The minimum Gasteiger partial charge on any atom is -0.481 e. The molecule has 120 valence electrons. The summed E-state index contributed by atoms with van der Waals surface area (Å²) < 4.78 is 0. The van der Waals surface area contributed by atoms with Crippen LogP contribution in [-0.4, -0.2) is 66.2 Å². The summed E-state index contributed by atoms with van der Waals surface area (Å²) in [6, 6.07) is -0.244. The Labute approximate surface area is 126 Å². The summed E-state index contributed by atoms with van der Waals surface area (Å²) in [5, 5.41) is 11.9. The van der Waals surface area contributed by atoms with Gasteiger partial charge in [0, 0.05) is 19.1 Å². The fraction of sp³-hybridized carbons (Fsp3) is 0.867. The van der Waals surface area contributed by atoms with Crippen molar-refractivity contribution in [1.82, 2.24) is 15.1 Å². The zero-order valence-electron chi connectivity index (χ0n) is 13.1. The van der Waals surface area contributed by atoms with Crippen LogP contribution < -0.4 is 5.32 Å². The second kappa shape index (κ2) is 6.64. The molecule has 2 fully saturated rings. The Kier molecular flexibility index (Phi) is 5.08. The van der Waals surface area contributed by atoms with Gasteiger partial charge in [-0.2, -0.15) is 0 Å². The van der Waals surface area contributed by atoms with Gasteiger partial charge in [-0.25, -0.2) is 4.79 Å². The highest BCUT2D eigenvalue weighted by molar-refractivity contribution is 5.76. The minimum absolute atomic E-state index is 0.0511. The Hall–Kier alpha value is -1.30. The Morgan fingerprint density at radius 1 is 1.29 bits per heavy atom. The molecule has 0 aromatic heterocycles. The molecule has 6 nitrogen and oxygen atoms in total. The first-order valence-corrected chi connectivity index (χ1v) is 7.84. The summed E-state index contributed by atoms with van der Waals surface area (Å²) >= 11 is 0. The van der Waals surface area contributed by atoms with Crippen LogP contribution in [0.25, 0.3) is 0 Å². The van der Waals surface area contributed by atoms with Gasteiger partial charge in [0.1, 0.15) is 0 Å². The molecule has 1 atom stereocenters. The molecule has 2 saturated heterocycles. The van der Waals surface area contributed by atoms with Crippen LogP contribution in [0.1, 0.15) is 39.0 Å². The first-order valence-electron chi connectivity index (χ1n) is 7.84. The van der Waals surface area contributed by atoms with Crippen LogP contribution in [-0.2, 0) is 4.79 Å². The number of aliphatic carboxylic acids is 1. The molecular formula is C15H27N3O3. The summed E-state index contributed by atoms with van der Waals surface area (Å²) in [6.45, 7) is 5.70. The maximum absolute atomic E-state index is 12.3. The van der Waals surface area contributed by atoms with Gasteiger partial charge in [0.25, 0.3) is 0 Å². The van der Waals surface area contributed by atoms with E-state index >= 15 is 0 Å². The van der Waals surface area contributed by atoms with Crippen molar-refractivity contribution >= 4 is 12.0 Å². The first kappa shape index (κ1) is 16.1. The van der Waals surface area contributed by atoms with Gasteiger partial charge < -0.3 is 20.2 Å². The normalized spacial score (nSPS) is 25.8. The lowest BCUT2D eigenvalue weighted by Crippen LogP contribution is -2.48. The highest BCUT2D eigenvalue weighted by atomic mass is 16.4. The van der Waals surface area contributed by atoms with E-state index in [0.717, 1.165) is 38.8 Å². The number of hydrogen-bond acceptors (Lipinski definition) is 3. The Morgan fingerprint density at radius 2 is 1.95 bits per heavy atom. The monoisotopic (exact) mass is 297 g/mol. The molecule has 2 heterocycles. The predicted molar refractivity (Wildman–Crippen MR) is 80.2 cm³/mol. The van der Waals surface area contributed by atoms with Crippen molar-refractivity contribution in [2.75, 3.05) is 33.2 Å². The van der Waals surface area contributed by atoms with Crippen LogP contribution in [0.3, 0.4) is 0 Å². The van der Waals surface area contributed by atoms with Crippen molar-refractivity contribution in [3.8, 4) is 0 Å². The van der Waals surface area contributed by atoms with E-state index in [4.69, 9.17) is 5.11 Å². The largest absolute Gasteiger partial charge is 0.481 e. The number of piperidine rings is 1. The van der Waals surface area contributed by atoms with E-state index in [1.54, 1.807) is 4.90 Å². The fourth-order valence-electron chi connectivity index (χ4n) is 3.24.